The minimum absolute atomic E-state index is 0.258. The van der Waals surface area contributed by atoms with Gasteiger partial charge in [0, 0.05) is 23.2 Å². The number of hydrogen-bond acceptors (Lipinski definition) is 4. The Morgan fingerprint density at radius 2 is 1.89 bits per heavy atom. The van der Waals surface area contributed by atoms with Gasteiger partial charge in [-0.25, -0.2) is 0 Å². The van der Waals surface area contributed by atoms with Crippen molar-refractivity contribution in [3.8, 4) is 5.75 Å². The number of anilines is 1. The van der Waals surface area contributed by atoms with E-state index in [0.29, 0.717) is 33.6 Å². The van der Waals surface area contributed by atoms with Gasteiger partial charge in [-0.15, -0.1) is 0 Å². The predicted octanol–water partition coefficient (Wildman–Crippen LogP) is 5.86. The maximum atomic E-state index is 13.0. The molecule has 7 heteroatoms. The molecule has 0 saturated heterocycles. The van der Waals surface area contributed by atoms with Crippen LogP contribution in [0.15, 0.2) is 47.1 Å². The monoisotopic (exact) mass is 400 g/mol. The van der Waals surface area contributed by atoms with Crippen LogP contribution in [0.4, 0.5) is 5.69 Å². The highest BCUT2D eigenvalue weighted by atomic mass is 35.5. The molecule has 27 heavy (non-hydrogen) atoms. The van der Waals surface area contributed by atoms with Gasteiger partial charge in [0.25, 0.3) is 5.91 Å². The van der Waals surface area contributed by atoms with Crippen LogP contribution in [-0.2, 0) is 0 Å². The summed E-state index contributed by atoms with van der Waals surface area (Å²) in [6.07, 6.45) is 2.84. The Labute approximate surface area is 164 Å². The van der Waals surface area contributed by atoms with E-state index in [1.54, 1.807) is 19.2 Å². The van der Waals surface area contributed by atoms with Gasteiger partial charge in [-0.3, -0.25) is 9.78 Å². The zero-order chi connectivity index (χ0) is 19.1. The molecule has 4 rings (SSSR count). The number of amides is 1. The first kappa shape index (κ1) is 17.6. The number of nitrogens with zero attached hydrogens (tertiary/aromatic N) is 1. The fourth-order valence-electron chi connectivity index (χ4n) is 3.03. The highest BCUT2D eigenvalue weighted by Gasteiger charge is 2.21. The van der Waals surface area contributed by atoms with E-state index in [1.165, 1.54) is 12.4 Å². The average Bonchev–Trinajstić information content (AvgIpc) is 3.02. The second kappa shape index (κ2) is 6.76. The Balaban J connectivity index is 1.92. The van der Waals surface area contributed by atoms with Crippen molar-refractivity contribution in [1.82, 2.24) is 4.98 Å². The molecule has 0 unspecified atom stereocenters. The Bertz CT molecular complexity index is 1180. The van der Waals surface area contributed by atoms with Gasteiger partial charge >= 0.3 is 0 Å². The van der Waals surface area contributed by atoms with Crippen molar-refractivity contribution in [2.45, 2.75) is 6.92 Å². The summed E-state index contributed by atoms with van der Waals surface area (Å²) in [5, 5.41) is 4.79. The van der Waals surface area contributed by atoms with E-state index in [4.69, 9.17) is 32.4 Å². The molecule has 2 aromatic carbocycles. The topological polar surface area (TPSA) is 64.4 Å². The van der Waals surface area contributed by atoms with E-state index in [0.717, 1.165) is 10.9 Å². The predicted molar refractivity (Wildman–Crippen MR) is 107 cm³/mol. The molecular weight excluding hydrogens is 387 g/mol. The van der Waals surface area contributed by atoms with Crippen LogP contribution in [0.3, 0.4) is 0 Å². The number of aromatic nitrogens is 1. The van der Waals surface area contributed by atoms with Crippen LogP contribution in [0.25, 0.3) is 21.9 Å². The number of furan rings is 1. The second-order valence-corrected chi connectivity index (χ2v) is 6.87. The molecule has 0 spiro atoms. The third kappa shape index (κ3) is 2.99. The number of ether oxygens (including phenoxy) is 1. The SMILES string of the molecule is COc1ccc(C(=O)Nc2c(Cl)cncc2Cl)c2c1oc1ccc(C)cc12. The van der Waals surface area contributed by atoms with Crippen LogP contribution in [0.1, 0.15) is 15.9 Å². The highest BCUT2D eigenvalue weighted by molar-refractivity contribution is 6.40. The smallest absolute Gasteiger partial charge is 0.256 e. The number of pyridine rings is 1. The van der Waals surface area contributed by atoms with Crippen molar-refractivity contribution in [1.29, 1.82) is 0 Å². The molecule has 4 aromatic rings. The van der Waals surface area contributed by atoms with Crippen LogP contribution < -0.4 is 10.1 Å². The van der Waals surface area contributed by atoms with E-state index >= 15 is 0 Å². The van der Waals surface area contributed by atoms with Gasteiger partial charge in [-0.1, -0.05) is 34.8 Å². The summed E-state index contributed by atoms with van der Waals surface area (Å²) in [7, 11) is 1.56. The van der Waals surface area contributed by atoms with Crippen molar-refractivity contribution in [2.75, 3.05) is 12.4 Å². The number of halogens is 2. The molecule has 5 nitrogen and oxygen atoms in total. The Kier molecular flexibility index (Phi) is 4.42. The molecule has 2 heterocycles. The van der Waals surface area contributed by atoms with Crippen molar-refractivity contribution in [2.24, 2.45) is 0 Å². The molecule has 0 fully saturated rings. The highest BCUT2D eigenvalue weighted by Crippen LogP contribution is 2.38. The minimum Gasteiger partial charge on any atom is -0.493 e. The van der Waals surface area contributed by atoms with E-state index in [9.17, 15) is 4.79 Å². The number of benzene rings is 2. The Morgan fingerprint density at radius 3 is 2.59 bits per heavy atom. The summed E-state index contributed by atoms with van der Waals surface area (Å²) in [4.78, 5) is 16.9. The molecule has 1 N–H and O–H groups in total. The van der Waals surface area contributed by atoms with E-state index in [2.05, 4.69) is 10.3 Å². The molecule has 0 atom stereocenters. The van der Waals surface area contributed by atoms with Crippen molar-refractivity contribution in [3.63, 3.8) is 0 Å². The molecule has 0 aliphatic heterocycles. The lowest BCUT2D eigenvalue weighted by Crippen LogP contribution is -2.13. The summed E-state index contributed by atoms with van der Waals surface area (Å²) >= 11 is 12.2. The van der Waals surface area contributed by atoms with Gasteiger partial charge in [0.15, 0.2) is 11.3 Å². The zero-order valence-corrected chi connectivity index (χ0v) is 16.0. The third-order valence-electron chi connectivity index (χ3n) is 4.29. The maximum absolute atomic E-state index is 13.0. The summed E-state index contributed by atoms with van der Waals surface area (Å²) in [5.41, 5.74) is 2.98. The molecule has 0 aliphatic carbocycles. The van der Waals surface area contributed by atoms with Crippen molar-refractivity contribution >= 4 is 56.7 Å². The van der Waals surface area contributed by atoms with Gasteiger partial charge in [-0.2, -0.15) is 0 Å². The van der Waals surface area contributed by atoms with Crippen LogP contribution in [0.5, 0.6) is 5.75 Å². The fraction of sp³-hybridized carbons (Fsp3) is 0.100. The molecular formula is C20H14Cl2N2O3. The Hall–Kier alpha value is -2.76. The van der Waals surface area contributed by atoms with Crippen molar-refractivity contribution in [3.05, 3.63) is 63.9 Å². The van der Waals surface area contributed by atoms with Crippen LogP contribution >= 0.6 is 23.2 Å². The lowest BCUT2D eigenvalue weighted by molar-refractivity contribution is 0.102. The van der Waals surface area contributed by atoms with E-state index in [-0.39, 0.29) is 16.0 Å². The second-order valence-electron chi connectivity index (χ2n) is 6.05. The van der Waals surface area contributed by atoms with E-state index < -0.39 is 0 Å². The average molecular weight is 401 g/mol. The number of rotatable bonds is 3. The van der Waals surface area contributed by atoms with Gasteiger partial charge in [0.2, 0.25) is 0 Å². The minimum atomic E-state index is -0.359. The van der Waals surface area contributed by atoms with Crippen LogP contribution in [0.2, 0.25) is 10.0 Å². The molecule has 1 amide bonds. The fourth-order valence-corrected chi connectivity index (χ4v) is 3.49. The van der Waals surface area contributed by atoms with Gasteiger partial charge in [0.05, 0.1) is 28.4 Å². The Morgan fingerprint density at radius 1 is 1.15 bits per heavy atom. The summed E-state index contributed by atoms with van der Waals surface area (Å²) < 4.78 is 11.4. The molecule has 136 valence electrons. The normalized spacial score (nSPS) is 11.1. The number of nitrogens with one attached hydrogen (secondary N) is 1. The number of fused-ring (bicyclic) bond motifs is 3. The maximum Gasteiger partial charge on any atom is 0.256 e. The zero-order valence-electron chi connectivity index (χ0n) is 14.5. The first-order valence-electron chi connectivity index (χ1n) is 8.10. The summed E-state index contributed by atoms with van der Waals surface area (Å²) in [6, 6.07) is 9.19. The van der Waals surface area contributed by atoms with Gasteiger partial charge < -0.3 is 14.5 Å². The molecule has 2 aromatic heterocycles. The number of carbonyl (C=O) groups excluding carboxylic acids is 1. The largest absolute Gasteiger partial charge is 0.493 e. The first-order chi connectivity index (χ1) is 13.0. The number of carbonyl (C=O) groups is 1. The van der Waals surface area contributed by atoms with Crippen LogP contribution in [0, 0.1) is 6.92 Å². The summed E-state index contributed by atoms with van der Waals surface area (Å²) in [6.45, 7) is 1.98. The van der Waals surface area contributed by atoms with Crippen LogP contribution in [-0.4, -0.2) is 18.0 Å². The molecule has 0 aliphatic rings. The number of aryl methyl sites for hydroxylation is 1. The van der Waals surface area contributed by atoms with E-state index in [1.807, 2.05) is 25.1 Å². The molecule has 0 radical (unpaired) electrons. The lowest BCUT2D eigenvalue weighted by atomic mass is 10.0. The van der Waals surface area contributed by atoms with Crippen molar-refractivity contribution < 1.29 is 13.9 Å². The molecule has 0 bridgehead atoms. The number of hydrogen-bond donors (Lipinski definition) is 1. The quantitative estimate of drug-likeness (QED) is 0.467. The number of methoxy groups -OCH3 is 1. The first-order valence-corrected chi connectivity index (χ1v) is 8.85. The summed E-state index contributed by atoms with van der Waals surface area (Å²) in [5.74, 6) is 0.192. The van der Waals surface area contributed by atoms with Gasteiger partial charge in [-0.05, 0) is 31.2 Å². The standard InChI is InChI=1S/C20H14Cl2N2O3/c1-10-3-5-15-12(7-10)17-11(4-6-16(26-2)19(17)27-15)20(25)24-18-13(21)8-23-9-14(18)22/h3-9H,1-2H3,(H,23,24,25). The molecule has 0 saturated carbocycles. The third-order valence-corrected chi connectivity index (χ3v) is 4.87. The van der Waals surface area contributed by atoms with Gasteiger partial charge in [0.1, 0.15) is 5.58 Å². The lowest BCUT2D eigenvalue weighted by Gasteiger charge is -2.10.